The minimum atomic E-state index is -0.915. The van der Waals surface area contributed by atoms with Gasteiger partial charge in [-0.1, -0.05) is 29.8 Å². The number of ether oxygens (including phenoxy) is 2. The predicted molar refractivity (Wildman–Crippen MR) is 92.3 cm³/mol. The van der Waals surface area contributed by atoms with Crippen molar-refractivity contribution in [2.45, 2.75) is 19.4 Å². The van der Waals surface area contributed by atoms with Gasteiger partial charge in [-0.25, -0.2) is 0 Å². The van der Waals surface area contributed by atoms with Crippen molar-refractivity contribution in [3.05, 3.63) is 59.1 Å². The third-order valence-corrected chi connectivity index (χ3v) is 3.49. The number of anilines is 1. The fourth-order valence-electron chi connectivity index (χ4n) is 2.05. The quantitative estimate of drug-likeness (QED) is 0.813. The van der Waals surface area contributed by atoms with Crippen LogP contribution in [0, 0.1) is 0 Å². The average Bonchev–Trinajstić information content (AvgIpc) is 2.54. The molecule has 6 heteroatoms. The summed E-state index contributed by atoms with van der Waals surface area (Å²) in [7, 11) is 1.56. The highest BCUT2D eigenvalue weighted by Crippen LogP contribution is 2.16. The van der Waals surface area contributed by atoms with Crippen LogP contribution in [0.3, 0.4) is 0 Å². The van der Waals surface area contributed by atoms with Crippen LogP contribution in [0.5, 0.6) is 5.75 Å². The SMILES string of the molecule is COc1cccc(CC(=O)O[C@H](C)C(=O)Nc2cccc(Cl)c2)c1. The Morgan fingerprint density at radius 2 is 1.92 bits per heavy atom. The molecule has 5 nitrogen and oxygen atoms in total. The van der Waals surface area contributed by atoms with E-state index in [9.17, 15) is 9.59 Å². The second-order valence-corrected chi connectivity index (χ2v) is 5.60. The highest BCUT2D eigenvalue weighted by Gasteiger charge is 2.18. The molecule has 24 heavy (non-hydrogen) atoms. The van der Waals surface area contributed by atoms with Crippen molar-refractivity contribution in [3.8, 4) is 5.75 Å². The van der Waals surface area contributed by atoms with E-state index >= 15 is 0 Å². The number of hydrogen-bond donors (Lipinski definition) is 1. The van der Waals surface area contributed by atoms with Crippen LogP contribution in [0.25, 0.3) is 0 Å². The van der Waals surface area contributed by atoms with Gasteiger partial charge in [-0.2, -0.15) is 0 Å². The molecular weight excluding hydrogens is 330 g/mol. The summed E-state index contributed by atoms with van der Waals surface area (Å²) in [5.41, 5.74) is 1.30. The van der Waals surface area contributed by atoms with Gasteiger partial charge in [0.2, 0.25) is 0 Å². The van der Waals surface area contributed by atoms with Crippen molar-refractivity contribution in [1.82, 2.24) is 0 Å². The van der Waals surface area contributed by atoms with Gasteiger partial charge in [-0.15, -0.1) is 0 Å². The number of amides is 1. The molecule has 0 bridgehead atoms. The Balaban J connectivity index is 1.89. The molecule has 0 unspecified atom stereocenters. The number of nitrogens with one attached hydrogen (secondary N) is 1. The van der Waals surface area contributed by atoms with E-state index in [0.717, 1.165) is 5.56 Å². The molecule has 0 aromatic heterocycles. The molecule has 2 aromatic rings. The summed E-state index contributed by atoms with van der Waals surface area (Å²) >= 11 is 5.86. The fourth-order valence-corrected chi connectivity index (χ4v) is 2.24. The fraction of sp³-hybridized carbons (Fsp3) is 0.222. The van der Waals surface area contributed by atoms with Crippen LogP contribution in [0.1, 0.15) is 12.5 Å². The first kappa shape index (κ1) is 17.8. The second-order valence-electron chi connectivity index (χ2n) is 5.16. The summed E-state index contributed by atoms with van der Waals surface area (Å²) in [5, 5.41) is 3.16. The van der Waals surface area contributed by atoms with Gasteiger partial charge < -0.3 is 14.8 Å². The zero-order valence-corrected chi connectivity index (χ0v) is 14.2. The largest absolute Gasteiger partial charge is 0.497 e. The first-order valence-electron chi connectivity index (χ1n) is 7.37. The number of carbonyl (C=O) groups is 2. The van der Waals surface area contributed by atoms with Crippen LogP contribution in [-0.2, 0) is 20.7 Å². The van der Waals surface area contributed by atoms with Gasteiger partial charge in [0.1, 0.15) is 5.75 Å². The van der Waals surface area contributed by atoms with Crippen LogP contribution in [0.15, 0.2) is 48.5 Å². The molecule has 0 radical (unpaired) electrons. The maximum atomic E-state index is 12.1. The maximum Gasteiger partial charge on any atom is 0.311 e. The number of benzene rings is 2. The molecule has 0 saturated heterocycles. The number of hydrogen-bond acceptors (Lipinski definition) is 4. The number of carbonyl (C=O) groups excluding carboxylic acids is 2. The van der Waals surface area contributed by atoms with E-state index in [0.29, 0.717) is 16.5 Å². The van der Waals surface area contributed by atoms with Crippen molar-refractivity contribution in [2.75, 3.05) is 12.4 Å². The number of rotatable bonds is 6. The summed E-state index contributed by atoms with van der Waals surface area (Å²) in [4.78, 5) is 24.0. The van der Waals surface area contributed by atoms with Crippen LogP contribution in [0.4, 0.5) is 5.69 Å². The molecule has 0 aliphatic carbocycles. The van der Waals surface area contributed by atoms with Crippen molar-refractivity contribution in [2.24, 2.45) is 0 Å². The van der Waals surface area contributed by atoms with E-state index in [4.69, 9.17) is 21.1 Å². The zero-order valence-electron chi connectivity index (χ0n) is 13.4. The van der Waals surface area contributed by atoms with Crippen molar-refractivity contribution >= 4 is 29.2 Å². The molecule has 2 rings (SSSR count). The lowest BCUT2D eigenvalue weighted by atomic mass is 10.1. The number of methoxy groups -OCH3 is 1. The van der Waals surface area contributed by atoms with Crippen molar-refractivity contribution in [1.29, 1.82) is 0 Å². The van der Waals surface area contributed by atoms with Gasteiger partial charge in [-0.05, 0) is 42.8 Å². The van der Waals surface area contributed by atoms with Gasteiger partial charge >= 0.3 is 5.97 Å². The lowest BCUT2D eigenvalue weighted by Gasteiger charge is -2.14. The number of esters is 1. The summed E-state index contributed by atoms with van der Waals surface area (Å²) in [6.45, 7) is 1.52. The molecule has 2 aromatic carbocycles. The molecule has 1 N–H and O–H groups in total. The van der Waals surface area contributed by atoms with Gasteiger partial charge in [-0.3, -0.25) is 9.59 Å². The Hall–Kier alpha value is -2.53. The third kappa shape index (κ3) is 5.28. The van der Waals surface area contributed by atoms with E-state index in [1.807, 2.05) is 0 Å². The maximum absolute atomic E-state index is 12.1. The van der Waals surface area contributed by atoms with Crippen molar-refractivity contribution in [3.63, 3.8) is 0 Å². The smallest absolute Gasteiger partial charge is 0.311 e. The monoisotopic (exact) mass is 347 g/mol. The molecule has 0 fully saturated rings. The average molecular weight is 348 g/mol. The summed E-state index contributed by atoms with van der Waals surface area (Å²) in [5.74, 6) is -0.250. The Morgan fingerprint density at radius 3 is 2.62 bits per heavy atom. The molecular formula is C18H18ClNO4. The molecule has 0 aliphatic heterocycles. The highest BCUT2D eigenvalue weighted by molar-refractivity contribution is 6.30. The van der Waals surface area contributed by atoms with E-state index in [-0.39, 0.29) is 6.42 Å². The lowest BCUT2D eigenvalue weighted by molar-refractivity contribution is -0.152. The molecule has 1 amide bonds. The van der Waals surface area contributed by atoms with E-state index in [2.05, 4.69) is 5.32 Å². The zero-order chi connectivity index (χ0) is 17.5. The molecule has 0 saturated carbocycles. The van der Waals surface area contributed by atoms with Crippen LogP contribution < -0.4 is 10.1 Å². The first-order valence-corrected chi connectivity index (χ1v) is 7.74. The molecule has 0 spiro atoms. The van der Waals surface area contributed by atoms with Gasteiger partial charge in [0, 0.05) is 10.7 Å². The topological polar surface area (TPSA) is 64.6 Å². The van der Waals surface area contributed by atoms with E-state index < -0.39 is 18.0 Å². The number of halogens is 1. The Labute approximate surface area is 145 Å². The summed E-state index contributed by atoms with van der Waals surface area (Å²) in [6, 6.07) is 13.9. The second kappa shape index (κ2) is 8.36. The third-order valence-electron chi connectivity index (χ3n) is 3.25. The van der Waals surface area contributed by atoms with Crippen LogP contribution in [-0.4, -0.2) is 25.1 Å². The molecule has 1 atom stereocenters. The van der Waals surface area contributed by atoms with Crippen LogP contribution >= 0.6 is 11.6 Å². The molecule has 0 heterocycles. The molecule has 126 valence electrons. The Kier molecular flexibility index (Phi) is 6.21. The summed E-state index contributed by atoms with van der Waals surface area (Å²) in [6.07, 6.45) is -0.853. The minimum Gasteiger partial charge on any atom is -0.497 e. The van der Waals surface area contributed by atoms with Gasteiger partial charge in [0.25, 0.3) is 5.91 Å². The van der Waals surface area contributed by atoms with E-state index in [1.54, 1.807) is 55.6 Å². The highest BCUT2D eigenvalue weighted by atomic mass is 35.5. The molecule has 0 aliphatic rings. The lowest BCUT2D eigenvalue weighted by Crippen LogP contribution is -2.30. The normalized spacial score (nSPS) is 11.5. The Bertz CT molecular complexity index is 732. The Morgan fingerprint density at radius 1 is 1.17 bits per heavy atom. The van der Waals surface area contributed by atoms with Crippen molar-refractivity contribution < 1.29 is 19.1 Å². The van der Waals surface area contributed by atoms with E-state index in [1.165, 1.54) is 6.92 Å². The van der Waals surface area contributed by atoms with Gasteiger partial charge in [0.05, 0.1) is 13.5 Å². The predicted octanol–water partition coefficient (Wildman–Crippen LogP) is 3.46. The standard InChI is InChI=1S/C18H18ClNO4/c1-12(18(22)20-15-7-4-6-14(19)11-15)24-17(21)10-13-5-3-8-16(9-13)23-2/h3-9,11-12H,10H2,1-2H3,(H,20,22)/t12-/m1/s1. The van der Waals surface area contributed by atoms with Crippen LogP contribution in [0.2, 0.25) is 5.02 Å². The summed E-state index contributed by atoms with van der Waals surface area (Å²) < 4.78 is 10.3. The van der Waals surface area contributed by atoms with Gasteiger partial charge in [0.15, 0.2) is 6.10 Å². The minimum absolute atomic E-state index is 0.0615. The first-order chi connectivity index (χ1) is 11.5.